The van der Waals surface area contributed by atoms with Gasteiger partial charge in [-0.15, -0.1) is 0 Å². The van der Waals surface area contributed by atoms with Crippen molar-refractivity contribution in [2.24, 2.45) is 5.92 Å². The minimum Gasteiger partial charge on any atom is -0.486 e. The quantitative estimate of drug-likeness (QED) is 0.352. The molecule has 0 fully saturated rings. The molecule has 5 heteroatoms. The Balaban J connectivity index is 1.80. The van der Waals surface area contributed by atoms with E-state index in [1.165, 1.54) is 0 Å². The number of hydrogen-bond donors (Lipinski definition) is 0. The number of hydrogen-bond acceptors (Lipinski definition) is 2. The fourth-order valence-electron chi connectivity index (χ4n) is 3.48. The van der Waals surface area contributed by atoms with Crippen LogP contribution in [-0.4, -0.2) is 6.61 Å². The first kappa shape index (κ1) is 22.3. The van der Waals surface area contributed by atoms with Crippen LogP contribution in [0.1, 0.15) is 63.6 Å². The second-order valence-electron chi connectivity index (χ2n) is 8.13. The van der Waals surface area contributed by atoms with E-state index in [0.29, 0.717) is 35.4 Å². The van der Waals surface area contributed by atoms with Crippen molar-refractivity contribution < 1.29 is 22.6 Å². The van der Waals surface area contributed by atoms with Gasteiger partial charge < -0.3 is 9.47 Å². The second kappa shape index (κ2) is 9.59. The monoisotopic (exact) mass is 418 g/mol. The summed E-state index contributed by atoms with van der Waals surface area (Å²) >= 11 is 0. The third kappa shape index (κ3) is 4.66. The smallest absolute Gasteiger partial charge is 0.207 e. The van der Waals surface area contributed by atoms with Crippen LogP contribution in [0.4, 0.5) is 13.2 Å². The van der Waals surface area contributed by atoms with E-state index in [0.717, 1.165) is 18.4 Å². The summed E-state index contributed by atoms with van der Waals surface area (Å²) in [5.41, 5.74) is 2.45. The molecule has 162 valence electrons. The number of benzene rings is 2. The van der Waals surface area contributed by atoms with E-state index in [-0.39, 0.29) is 30.3 Å². The first-order valence-electron chi connectivity index (χ1n) is 10.6. The molecule has 0 amide bonds. The number of aryl methyl sites for hydroxylation is 1. The van der Waals surface area contributed by atoms with E-state index < -0.39 is 17.5 Å². The van der Waals surface area contributed by atoms with Crippen molar-refractivity contribution in [2.75, 3.05) is 6.61 Å². The van der Waals surface area contributed by atoms with Gasteiger partial charge in [-0.05, 0) is 49.0 Å². The van der Waals surface area contributed by atoms with Gasteiger partial charge in [0, 0.05) is 17.5 Å². The predicted octanol–water partition coefficient (Wildman–Crippen LogP) is 7.51. The molecule has 0 N–H and O–H groups in total. The number of rotatable bonds is 8. The normalized spacial score (nSPS) is 14.0. The van der Waals surface area contributed by atoms with Gasteiger partial charge in [0.15, 0.2) is 23.1 Å². The molecule has 2 nitrogen and oxygen atoms in total. The Kier molecular flexibility index (Phi) is 7.11. The van der Waals surface area contributed by atoms with Gasteiger partial charge in [-0.2, -0.15) is 8.78 Å². The fraction of sp³-hybridized carbons (Fsp3) is 0.440. The maximum atomic E-state index is 15.0. The molecule has 0 spiro atoms. The van der Waals surface area contributed by atoms with Crippen LogP contribution in [0, 0.1) is 23.4 Å². The Morgan fingerprint density at radius 2 is 1.83 bits per heavy atom. The molecule has 0 bridgehead atoms. The molecule has 0 saturated carbocycles. The van der Waals surface area contributed by atoms with E-state index in [9.17, 15) is 8.78 Å². The highest BCUT2D eigenvalue weighted by Gasteiger charge is 2.28. The summed E-state index contributed by atoms with van der Waals surface area (Å²) in [6.45, 7) is 8.42. The van der Waals surface area contributed by atoms with Gasteiger partial charge in [0.05, 0.1) is 0 Å². The molecule has 1 unspecified atom stereocenters. The van der Waals surface area contributed by atoms with Crippen molar-refractivity contribution >= 4 is 0 Å². The lowest BCUT2D eigenvalue weighted by atomic mass is 9.96. The summed E-state index contributed by atoms with van der Waals surface area (Å²) in [6.07, 6.45) is 5.57. The molecule has 30 heavy (non-hydrogen) atoms. The molecule has 1 aliphatic rings. The molecule has 1 heterocycles. The molecule has 3 rings (SSSR count). The summed E-state index contributed by atoms with van der Waals surface area (Å²) < 4.78 is 55.0. The zero-order valence-corrected chi connectivity index (χ0v) is 18.1. The van der Waals surface area contributed by atoms with Gasteiger partial charge in [0.25, 0.3) is 0 Å². The Morgan fingerprint density at radius 1 is 1.10 bits per heavy atom. The SMILES string of the molecule is CCCc1cc2c(c(F)c1F)Oc1c(ccc(OC/C(C)=C/CC(C)CC)c1F)C2. The lowest BCUT2D eigenvalue weighted by molar-refractivity contribution is 0.317. The Labute approximate surface area is 176 Å². The molecular formula is C25H29F3O2. The molecule has 1 atom stereocenters. The zero-order chi connectivity index (χ0) is 21.8. The van der Waals surface area contributed by atoms with E-state index in [4.69, 9.17) is 9.47 Å². The van der Waals surface area contributed by atoms with Crippen LogP contribution < -0.4 is 9.47 Å². The van der Waals surface area contributed by atoms with Crippen molar-refractivity contribution in [3.63, 3.8) is 0 Å². The summed E-state index contributed by atoms with van der Waals surface area (Å²) in [7, 11) is 0. The van der Waals surface area contributed by atoms with E-state index in [1.54, 1.807) is 18.2 Å². The number of halogens is 3. The standard InChI is InChI=1S/C25H29F3O2/c1-5-7-17-12-19-13-18-10-11-20(29-14-16(4)9-8-15(3)6-2)22(27)24(18)30-25(19)23(28)21(17)26/h9-12,15H,5-8,13-14H2,1-4H3/b16-9+. The van der Waals surface area contributed by atoms with Gasteiger partial charge in [-0.25, -0.2) is 4.39 Å². The van der Waals surface area contributed by atoms with Gasteiger partial charge in [-0.3, -0.25) is 0 Å². The summed E-state index contributed by atoms with van der Waals surface area (Å²) in [5.74, 6) is -2.38. The maximum absolute atomic E-state index is 15.0. The number of ether oxygens (including phenoxy) is 2. The number of allylic oxidation sites excluding steroid dienone is 1. The van der Waals surface area contributed by atoms with Crippen molar-refractivity contribution in [1.82, 2.24) is 0 Å². The van der Waals surface area contributed by atoms with E-state index in [2.05, 4.69) is 19.9 Å². The molecule has 0 radical (unpaired) electrons. The first-order chi connectivity index (χ1) is 14.3. The topological polar surface area (TPSA) is 18.5 Å². The maximum Gasteiger partial charge on any atom is 0.207 e. The summed E-state index contributed by atoms with van der Waals surface area (Å²) in [5, 5.41) is 0. The third-order valence-electron chi connectivity index (χ3n) is 5.58. The van der Waals surface area contributed by atoms with Gasteiger partial charge in [0.2, 0.25) is 11.6 Å². The third-order valence-corrected chi connectivity index (χ3v) is 5.58. The number of fused-ring (bicyclic) bond motifs is 2. The molecule has 2 aromatic carbocycles. The zero-order valence-electron chi connectivity index (χ0n) is 18.1. The molecule has 0 aromatic heterocycles. The van der Waals surface area contributed by atoms with Gasteiger partial charge in [0.1, 0.15) is 6.61 Å². The minimum absolute atomic E-state index is 0.0389. The highest BCUT2D eigenvalue weighted by atomic mass is 19.2. The highest BCUT2D eigenvalue weighted by molar-refractivity contribution is 5.54. The van der Waals surface area contributed by atoms with Crippen molar-refractivity contribution in [3.8, 4) is 17.2 Å². The molecule has 1 aliphatic heterocycles. The van der Waals surface area contributed by atoms with E-state index in [1.807, 2.05) is 13.8 Å². The summed E-state index contributed by atoms with van der Waals surface area (Å²) in [6, 6.07) is 4.90. The van der Waals surface area contributed by atoms with Crippen molar-refractivity contribution in [3.05, 3.63) is 64.0 Å². The Bertz CT molecular complexity index is 950. The first-order valence-corrected chi connectivity index (χ1v) is 10.6. The average Bonchev–Trinajstić information content (AvgIpc) is 2.74. The van der Waals surface area contributed by atoms with Crippen LogP contribution in [0.2, 0.25) is 0 Å². The largest absolute Gasteiger partial charge is 0.486 e. The summed E-state index contributed by atoms with van der Waals surface area (Å²) in [4.78, 5) is 0. The van der Waals surface area contributed by atoms with Crippen LogP contribution in [0.15, 0.2) is 29.8 Å². The molecule has 0 aliphatic carbocycles. The Hall–Kier alpha value is -2.43. The van der Waals surface area contributed by atoms with Crippen LogP contribution in [0.25, 0.3) is 0 Å². The minimum atomic E-state index is -1.06. The van der Waals surface area contributed by atoms with Gasteiger partial charge in [-0.1, -0.05) is 45.8 Å². The van der Waals surface area contributed by atoms with Crippen LogP contribution in [0.5, 0.6) is 17.2 Å². The molecule has 2 aromatic rings. The highest BCUT2D eigenvalue weighted by Crippen LogP contribution is 2.43. The van der Waals surface area contributed by atoms with Gasteiger partial charge >= 0.3 is 0 Å². The molecular weight excluding hydrogens is 389 g/mol. The van der Waals surface area contributed by atoms with Crippen LogP contribution in [0.3, 0.4) is 0 Å². The lowest BCUT2D eigenvalue weighted by Gasteiger charge is -2.23. The predicted molar refractivity (Wildman–Crippen MR) is 113 cm³/mol. The fourth-order valence-corrected chi connectivity index (χ4v) is 3.48. The van der Waals surface area contributed by atoms with Crippen molar-refractivity contribution in [2.45, 2.75) is 59.8 Å². The molecule has 0 saturated heterocycles. The van der Waals surface area contributed by atoms with E-state index >= 15 is 4.39 Å². The lowest BCUT2D eigenvalue weighted by Crippen LogP contribution is -2.11. The van der Waals surface area contributed by atoms with Crippen LogP contribution in [-0.2, 0) is 12.8 Å². The van der Waals surface area contributed by atoms with Crippen molar-refractivity contribution in [1.29, 1.82) is 0 Å². The van der Waals surface area contributed by atoms with Crippen LogP contribution >= 0.6 is 0 Å². The second-order valence-corrected chi connectivity index (χ2v) is 8.13. The average molecular weight is 418 g/mol. The Morgan fingerprint density at radius 3 is 2.53 bits per heavy atom.